The van der Waals surface area contributed by atoms with Gasteiger partial charge in [-0.1, -0.05) is 65.7 Å². The minimum atomic E-state index is -3.90. The Hall–Kier alpha value is -2.46. The molecule has 1 heterocycles. The fourth-order valence-electron chi connectivity index (χ4n) is 4.88. The molecule has 0 saturated carbocycles. The maximum absolute atomic E-state index is 12.3. The molecule has 1 aliphatic heterocycles. The van der Waals surface area contributed by atoms with Gasteiger partial charge in [-0.3, -0.25) is 9.69 Å². The first-order valence-electron chi connectivity index (χ1n) is 12.3. The lowest BCUT2D eigenvalue weighted by Gasteiger charge is -2.42. The summed E-state index contributed by atoms with van der Waals surface area (Å²) in [6.45, 7) is 2.32. The average molecular weight is 578 g/mol. The van der Waals surface area contributed by atoms with E-state index in [1.807, 2.05) is 22.9 Å². The summed E-state index contributed by atoms with van der Waals surface area (Å²) in [6.07, 6.45) is 0.868. The molecule has 1 fully saturated rings. The highest BCUT2D eigenvalue weighted by Crippen LogP contribution is 2.38. The van der Waals surface area contributed by atoms with E-state index in [1.165, 1.54) is 12.1 Å². The number of carbonyl (C=O) groups excluding carboxylic acids is 1. The average Bonchev–Trinajstić information content (AvgIpc) is 2.87. The van der Waals surface area contributed by atoms with Crippen LogP contribution in [0.2, 0.25) is 10.0 Å². The molecular formula is C28H30Cl2N2O5S. The molecule has 0 aliphatic carbocycles. The Morgan fingerprint density at radius 2 is 1.74 bits per heavy atom. The zero-order valence-electron chi connectivity index (χ0n) is 20.9. The number of amides is 1. The number of hydrogen-bond donors (Lipinski definition) is 2. The molecule has 1 amide bonds. The van der Waals surface area contributed by atoms with Crippen LogP contribution in [0.3, 0.4) is 0 Å². The van der Waals surface area contributed by atoms with E-state index in [4.69, 9.17) is 27.9 Å². The van der Waals surface area contributed by atoms with Gasteiger partial charge in [0.15, 0.2) is 0 Å². The first kappa shape index (κ1) is 28.5. The third-order valence-electron chi connectivity index (χ3n) is 6.48. The van der Waals surface area contributed by atoms with Crippen LogP contribution in [0.5, 0.6) is 0 Å². The van der Waals surface area contributed by atoms with Crippen LogP contribution in [0.4, 0.5) is 0 Å². The molecule has 1 aliphatic rings. The number of nitrogens with zero attached hydrogens (tertiary/aromatic N) is 1. The monoisotopic (exact) mass is 576 g/mol. The Balaban J connectivity index is 1.59. The van der Waals surface area contributed by atoms with Gasteiger partial charge < -0.3 is 9.84 Å². The molecule has 3 atom stereocenters. The van der Waals surface area contributed by atoms with Crippen molar-refractivity contribution < 1.29 is 23.1 Å². The standard InChI is InChI=1S/C28H30Cl2N2O5S/c1-19(34)31-38(35,36)25-11-9-20(10-12-25)17-32-13-5-8-26(28(32)21-6-3-2-4-7-21)37-27(18-33)22-14-23(29)16-24(30)15-22/h2-4,6-7,9-12,14-16,26-28,33H,5,8,13,17-18H2,1H3,(H,31,34)/t26-,27+,28-/m0/s1. The molecule has 3 aromatic carbocycles. The number of aliphatic hydroxyl groups excluding tert-OH is 1. The maximum Gasteiger partial charge on any atom is 0.264 e. The van der Waals surface area contributed by atoms with E-state index in [-0.39, 0.29) is 23.6 Å². The lowest BCUT2D eigenvalue weighted by molar-refractivity contribution is -0.117. The molecule has 0 unspecified atom stereocenters. The van der Waals surface area contributed by atoms with Crippen molar-refractivity contribution >= 4 is 39.1 Å². The lowest BCUT2D eigenvalue weighted by atomic mass is 9.91. The van der Waals surface area contributed by atoms with E-state index >= 15 is 0 Å². The number of halogens is 2. The van der Waals surface area contributed by atoms with E-state index in [2.05, 4.69) is 17.0 Å². The van der Waals surface area contributed by atoms with Crippen LogP contribution in [-0.4, -0.2) is 43.6 Å². The van der Waals surface area contributed by atoms with Gasteiger partial charge in [0, 0.05) is 23.5 Å². The van der Waals surface area contributed by atoms with E-state index in [9.17, 15) is 18.3 Å². The van der Waals surface area contributed by atoms with Gasteiger partial charge in [0.05, 0.1) is 23.6 Å². The van der Waals surface area contributed by atoms with E-state index in [0.717, 1.165) is 37.4 Å². The molecule has 0 radical (unpaired) electrons. The summed E-state index contributed by atoms with van der Waals surface area (Å²) < 4.78 is 33.2. The van der Waals surface area contributed by atoms with Crippen LogP contribution < -0.4 is 4.72 Å². The zero-order chi connectivity index (χ0) is 27.3. The molecule has 0 bridgehead atoms. The van der Waals surface area contributed by atoms with Crippen molar-refractivity contribution in [3.8, 4) is 0 Å². The van der Waals surface area contributed by atoms with Gasteiger partial charge in [0.2, 0.25) is 5.91 Å². The van der Waals surface area contributed by atoms with Crippen molar-refractivity contribution in [2.75, 3.05) is 13.2 Å². The first-order valence-corrected chi connectivity index (χ1v) is 14.5. The molecule has 2 N–H and O–H groups in total. The highest BCUT2D eigenvalue weighted by Gasteiger charge is 2.35. The predicted octanol–water partition coefficient (Wildman–Crippen LogP) is 5.27. The fraction of sp³-hybridized carbons (Fsp3) is 0.321. The number of ether oxygens (including phenoxy) is 1. The van der Waals surface area contributed by atoms with Crippen molar-refractivity contribution in [2.24, 2.45) is 0 Å². The number of benzene rings is 3. The second-order valence-corrected chi connectivity index (χ2v) is 11.9. The van der Waals surface area contributed by atoms with Crippen molar-refractivity contribution in [2.45, 2.75) is 49.5 Å². The Bertz CT molecular complexity index is 1330. The molecule has 38 heavy (non-hydrogen) atoms. The van der Waals surface area contributed by atoms with Crippen molar-refractivity contribution in [3.05, 3.63) is 99.5 Å². The Kier molecular flexibility index (Phi) is 9.46. The molecule has 7 nitrogen and oxygen atoms in total. The first-order chi connectivity index (χ1) is 18.2. The van der Waals surface area contributed by atoms with E-state index in [1.54, 1.807) is 30.3 Å². The number of piperidine rings is 1. The third-order valence-corrected chi connectivity index (χ3v) is 8.36. The molecule has 4 rings (SSSR count). The Labute approximate surface area is 233 Å². The molecule has 0 spiro atoms. The number of aliphatic hydroxyl groups is 1. The predicted molar refractivity (Wildman–Crippen MR) is 147 cm³/mol. The largest absolute Gasteiger partial charge is 0.393 e. The quantitative estimate of drug-likeness (QED) is 0.360. The van der Waals surface area contributed by atoms with E-state index < -0.39 is 22.0 Å². The molecule has 1 saturated heterocycles. The van der Waals surface area contributed by atoms with Crippen molar-refractivity contribution in [1.82, 2.24) is 9.62 Å². The van der Waals surface area contributed by atoms with Crippen LogP contribution in [-0.2, 0) is 26.1 Å². The van der Waals surface area contributed by atoms with Crippen molar-refractivity contribution in [1.29, 1.82) is 0 Å². The Morgan fingerprint density at radius 1 is 1.08 bits per heavy atom. The minimum Gasteiger partial charge on any atom is -0.393 e. The van der Waals surface area contributed by atoms with Crippen LogP contribution >= 0.6 is 23.2 Å². The highest BCUT2D eigenvalue weighted by molar-refractivity contribution is 7.90. The number of likely N-dealkylation sites (tertiary alicyclic amines) is 1. The van der Waals surface area contributed by atoms with Gasteiger partial charge in [-0.2, -0.15) is 0 Å². The maximum atomic E-state index is 12.3. The number of sulfonamides is 1. The highest BCUT2D eigenvalue weighted by atomic mass is 35.5. The second kappa shape index (κ2) is 12.6. The Morgan fingerprint density at radius 3 is 2.34 bits per heavy atom. The zero-order valence-corrected chi connectivity index (χ0v) is 23.2. The SMILES string of the molecule is CC(=O)NS(=O)(=O)c1ccc(CN2CCC[C@H](O[C@H](CO)c3cc(Cl)cc(Cl)c3)[C@@H]2c2ccccc2)cc1. The molecule has 10 heteroatoms. The number of carbonyl (C=O) groups is 1. The van der Waals surface area contributed by atoms with Gasteiger partial charge in [-0.05, 0) is 66.4 Å². The topological polar surface area (TPSA) is 95.9 Å². The summed E-state index contributed by atoms with van der Waals surface area (Å²) in [5.41, 5.74) is 2.72. The van der Waals surface area contributed by atoms with Crippen LogP contribution in [0, 0.1) is 0 Å². The smallest absolute Gasteiger partial charge is 0.264 e. The third kappa shape index (κ3) is 7.14. The molecule has 0 aromatic heterocycles. The van der Waals surface area contributed by atoms with Gasteiger partial charge in [0.1, 0.15) is 6.10 Å². The summed E-state index contributed by atoms with van der Waals surface area (Å²) in [6, 6.07) is 21.6. The molecule has 3 aromatic rings. The van der Waals surface area contributed by atoms with Gasteiger partial charge in [0.25, 0.3) is 10.0 Å². The van der Waals surface area contributed by atoms with Gasteiger partial charge >= 0.3 is 0 Å². The van der Waals surface area contributed by atoms with E-state index in [0.29, 0.717) is 22.2 Å². The fourth-order valence-corrected chi connectivity index (χ4v) is 6.41. The van der Waals surface area contributed by atoms with Gasteiger partial charge in [-0.15, -0.1) is 0 Å². The number of hydrogen-bond acceptors (Lipinski definition) is 6. The van der Waals surface area contributed by atoms with Crippen LogP contribution in [0.1, 0.15) is 48.6 Å². The van der Waals surface area contributed by atoms with Crippen molar-refractivity contribution in [3.63, 3.8) is 0 Å². The minimum absolute atomic E-state index is 0.0295. The molecule has 202 valence electrons. The summed E-state index contributed by atoms with van der Waals surface area (Å²) >= 11 is 12.4. The second-order valence-electron chi connectivity index (χ2n) is 9.32. The summed E-state index contributed by atoms with van der Waals surface area (Å²) in [5.74, 6) is -0.639. The van der Waals surface area contributed by atoms with Crippen LogP contribution in [0.25, 0.3) is 0 Å². The van der Waals surface area contributed by atoms with Crippen LogP contribution in [0.15, 0.2) is 77.7 Å². The van der Waals surface area contributed by atoms with Gasteiger partial charge in [-0.25, -0.2) is 13.1 Å². The number of rotatable bonds is 9. The molecular weight excluding hydrogens is 547 g/mol. The summed E-state index contributed by atoms with van der Waals surface area (Å²) in [4.78, 5) is 13.6. The normalized spacial score (nSPS) is 19.2. The summed E-state index contributed by atoms with van der Waals surface area (Å²) in [5, 5.41) is 11.1. The number of nitrogens with one attached hydrogen (secondary N) is 1. The summed E-state index contributed by atoms with van der Waals surface area (Å²) in [7, 11) is -3.90. The lowest BCUT2D eigenvalue weighted by Crippen LogP contribution is -2.43.